The molecule has 7 heteroatoms. The van der Waals surface area contributed by atoms with Crippen LogP contribution >= 0.6 is 11.3 Å². The molecule has 0 radical (unpaired) electrons. The van der Waals surface area contributed by atoms with Crippen LogP contribution in [0.2, 0.25) is 0 Å². The Morgan fingerprint density at radius 1 is 1.19 bits per heavy atom. The molecule has 0 aliphatic carbocycles. The number of hydrogen-bond donors (Lipinski definition) is 2. The van der Waals surface area contributed by atoms with Crippen molar-refractivity contribution in [2.75, 3.05) is 19.6 Å². The number of piperidine rings is 1. The molecule has 2 N–H and O–H groups in total. The number of carbonyl (C=O) groups excluding carboxylic acids is 2. The van der Waals surface area contributed by atoms with Crippen LogP contribution < -0.4 is 5.32 Å². The van der Waals surface area contributed by atoms with Gasteiger partial charge in [0.2, 0.25) is 5.91 Å². The highest BCUT2D eigenvalue weighted by Gasteiger charge is 2.29. The maximum atomic E-state index is 12.8. The van der Waals surface area contributed by atoms with Gasteiger partial charge in [0.15, 0.2) is 5.69 Å². The van der Waals surface area contributed by atoms with E-state index in [2.05, 4.69) is 21.6 Å². The number of nitrogens with one attached hydrogen (secondary N) is 2. The number of thiophene rings is 1. The molecule has 6 nitrogen and oxygen atoms in total. The summed E-state index contributed by atoms with van der Waals surface area (Å²) in [6.07, 6.45) is 2.25. The molecule has 1 aliphatic heterocycles. The third kappa shape index (κ3) is 3.88. The molecule has 3 aromatic rings. The number of hydrogen-bond acceptors (Lipinski definition) is 4. The van der Waals surface area contributed by atoms with Crippen molar-refractivity contribution in [1.29, 1.82) is 0 Å². The Kier molecular flexibility index (Phi) is 5.20. The van der Waals surface area contributed by atoms with E-state index < -0.39 is 0 Å². The molecule has 1 aliphatic rings. The Labute approximate surface area is 161 Å². The standard InChI is InChI=1S/C20H22N4O2S/c25-19(21-10-7-15-4-3-13-27-15)14-8-11-24(12-9-14)20(26)18-16-5-1-2-6-17(16)22-23-18/h1-6,13-14H,7-12H2,(H,21,25)(H,22,23). The zero-order chi connectivity index (χ0) is 18.6. The second kappa shape index (κ2) is 7.92. The van der Waals surface area contributed by atoms with Gasteiger partial charge >= 0.3 is 0 Å². The van der Waals surface area contributed by atoms with Crippen molar-refractivity contribution < 1.29 is 9.59 Å². The Morgan fingerprint density at radius 2 is 2.00 bits per heavy atom. The van der Waals surface area contributed by atoms with Crippen LogP contribution in [0.25, 0.3) is 10.9 Å². The molecule has 140 valence electrons. The van der Waals surface area contributed by atoms with E-state index in [9.17, 15) is 9.59 Å². The maximum absolute atomic E-state index is 12.8. The fourth-order valence-electron chi connectivity index (χ4n) is 3.53. The number of aromatic amines is 1. The van der Waals surface area contributed by atoms with Gasteiger partial charge in [0, 0.05) is 35.8 Å². The molecule has 0 bridgehead atoms. The number of rotatable bonds is 5. The fourth-order valence-corrected chi connectivity index (χ4v) is 4.24. The number of benzene rings is 1. The minimum Gasteiger partial charge on any atom is -0.355 e. The Hall–Kier alpha value is -2.67. The lowest BCUT2D eigenvalue weighted by atomic mass is 9.95. The summed E-state index contributed by atoms with van der Waals surface area (Å²) in [5, 5.41) is 13.0. The molecule has 4 rings (SSSR count). The molecule has 27 heavy (non-hydrogen) atoms. The van der Waals surface area contributed by atoms with Gasteiger partial charge in [-0.3, -0.25) is 14.7 Å². The quantitative estimate of drug-likeness (QED) is 0.712. The van der Waals surface area contributed by atoms with E-state index in [0.717, 1.165) is 17.3 Å². The van der Waals surface area contributed by atoms with E-state index in [1.165, 1.54) is 4.88 Å². The minimum atomic E-state index is -0.0657. The second-order valence-electron chi connectivity index (χ2n) is 6.80. The third-order valence-corrected chi connectivity index (χ3v) is 6.01. The monoisotopic (exact) mass is 382 g/mol. The summed E-state index contributed by atoms with van der Waals surface area (Å²) >= 11 is 1.71. The van der Waals surface area contributed by atoms with Crippen LogP contribution in [0.15, 0.2) is 41.8 Å². The Bertz CT molecular complexity index is 927. The highest BCUT2D eigenvalue weighted by Crippen LogP contribution is 2.22. The molecular weight excluding hydrogens is 360 g/mol. The number of nitrogens with zero attached hydrogens (tertiary/aromatic N) is 2. The second-order valence-corrected chi connectivity index (χ2v) is 7.84. The number of para-hydroxylation sites is 1. The van der Waals surface area contributed by atoms with Crippen LogP contribution in [0.4, 0.5) is 0 Å². The molecule has 0 spiro atoms. The van der Waals surface area contributed by atoms with E-state index in [1.807, 2.05) is 35.7 Å². The fraction of sp³-hybridized carbons (Fsp3) is 0.350. The van der Waals surface area contributed by atoms with Crippen LogP contribution in [0.5, 0.6) is 0 Å². The van der Waals surface area contributed by atoms with Crippen molar-refractivity contribution in [3.63, 3.8) is 0 Å². The highest BCUT2D eigenvalue weighted by molar-refractivity contribution is 7.09. The predicted molar refractivity (Wildman–Crippen MR) is 106 cm³/mol. The van der Waals surface area contributed by atoms with Crippen LogP contribution in [-0.2, 0) is 11.2 Å². The van der Waals surface area contributed by atoms with Gasteiger partial charge < -0.3 is 10.2 Å². The van der Waals surface area contributed by atoms with Gasteiger partial charge in [-0.05, 0) is 36.8 Å². The summed E-state index contributed by atoms with van der Waals surface area (Å²) in [5.74, 6) is 0.0150. The van der Waals surface area contributed by atoms with Gasteiger partial charge in [0.1, 0.15) is 0 Å². The minimum absolute atomic E-state index is 0.0201. The maximum Gasteiger partial charge on any atom is 0.274 e. The van der Waals surface area contributed by atoms with Crippen LogP contribution in [0, 0.1) is 5.92 Å². The van der Waals surface area contributed by atoms with Gasteiger partial charge in [-0.25, -0.2) is 0 Å². The van der Waals surface area contributed by atoms with Crippen molar-refractivity contribution in [3.05, 3.63) is 52.3 Å². The van der Waals surface area contributed by atoms with Crippen molar-refractivity contribution in [2.45, 2.75) is 19.3 Å². The Morgan fingerprint density at radius 3 is 2.78 bits per heavy atom. The van der Waals surface area contributed by atoms with Crippen LogP contribution in [-0.4, -0.2) is 46.5 Å². The van der Waals surface area contributed by atoms with Crippen molar-refractivity contribution in [3.8, 4) is 0 Å². The van der Waals surface area contributed by atoms with Gasteiger partial charge in [-0.1, -0.05) is 24.3 Å². The topological polar surface area (TPSA) is 78.1 Å². The van der Waals surface area contributed by atoms with E-state index in [1.54, 1.807) is 16.2 Å². The molecule has 2 aromatic heterocycles. The molecule has 3 heterocycles. The highest BCUT2D eigenvalue weighted by atomic mass is 32.1. The lowest BCUT2D eigenvalue weighted by Crippen LogP contribution is -2.43. The SMILES string of the molecule is O=C(NCCc1cccs1)C1CCN(C(=O)c2n[nH]c3ccccc23)CC1. The average molecular weight is 382 g/mol. The number of likely N-dealkylation sites (tertiary alicyclic amines) is 1. The zero-order valence-corrected chi connectivity index (χ0v) is 15.8. The largest absolute Gasteiger partial charge is 0.355 e. The average Bonchev–Trinajstić information content (AvgIpc) is 3.37. The lowest BCUT2D eigenvalue weighted by molar-refractivity contribution is -0.126. The summed E-state index contributed by atoms with van der Waals surface area (Å²) in [7, 11) is 0. The number of carbonyl (C=O) groups is 2. The van der Waals surface area contributed by atoms with Crippen molar-refractivity contribution >= 4 is 34.1 Å². The molecule has 0 atom stereocenters. The van der Waals surface area contributed by atoms with Crippen LogP contribution in [0.1, 0.15) is 28.2 Å². The number of fused-ring (bicyclic) bond motifs is 1. The predicted octanol–water partition coefficient (Wildman–Crippen LogP) is 2.84. The van der Waals surface area contributed by atoms with Gasteiger partial charge in [0.25, 0.3) is 5.91 Å². The summed E-state index contributed by atoms with van der Waals surface area (Å²) in [4.78, 5) is 28.3. The molecule has 1 aromatic carbocycles. The van der Waals surface area contributed by atoms with Gasteiger partial charge in [-0.15, -0.1) is 11.3 Å². The van der Waals surface area contributed by atoms with E-state index in [-0.39, 0.29) is 17.7 Å². The molecule has 0 unspecified atom stereocenters. The lowest BCUT2D eigenvalue weighted by Gasteiger charge is -2.31. The number of amides is 2. The van der Waals surface area contributed by atoms with E-state index in [0.29, 0.717) is 38.2 Å². The first-order chi connectivity index (χ1) is 13.2. The third-order valence-electron chi connectivity index (χ3n) is 5.08. The smallest absolute Gasteiger partial charge is 0.274 e. The molecule has 0 saturated carbocycles. The zero-order valence-electron chi connectivity index (χ0n) is 15.0. The van der Waals surface area contributed by atoms with E-state index in [4.69, 9.17) is 0 Å². The van der Waals surface area contributed by atoms with Crippen LogP contribution in [0.3, 0.4) is 0 Å². The number of H-pyrrole nitrogens is 1. The number of aromatic nitrogens is 2. The molecule has 2 amide bonds. The van der Waals surface area contributed by atoms with Crippen molar-refractivity contribution in [2.24, 2.45) is 5.92 Å². The Balaban J connectivity index is 1.29. The normalized spacial score (nSPS) is 15.2. The molecule has 1 fully saturated rings. The summed E-state index contributed by atoms with van der Waals surface area (Å²) in [6.45, 7) is 1.84. The van der Waals surface area contributed by atoms with Crippen molar-refractivity contribution in [1.82, 2.24) is 20.4 Å². The first kappa shape index (κ1) is 17.7. The first-order valence-electron chi connectivity index (χ1n) is 9.25. The molecular formula is C20H22N4O2S. The van der Waals surface area contributed by atoms with Gasteiger partial charge in [-0.2, -0.15) is 5.10 Å². The summed E-state index contributed by atoms with van der Waals surface area (Å²) in [6, 6.07) is 11.7. The summed E-state index contributed by atoms with van der Waals surface area (Å²) in [5.41, 5.74) is 1.32. The molecule has 1 saturated heterocycles. The first-order valence-corrected chi connectivity index (χ1v) is 10.1. The summed E-state index contributed by atoms with van der Waals surface area (Å²) < 4.78 is 0. The van der Waals surface area contributed by atoms with E-state index >= 15 is 0 Å². The van der Waals surface area contributed by atoms with Gasteiger partial charge in [0.05, 0.1) is 5.52 Å².